The van der Waals surface area contributed by atoms with Crippen molar-refractivity contribution in [1.29, 1.82) is 0 Å². The number of ether oxygens (including phenoxy) is 1. The molecule has 1 heterocycles. The van der Waals surface area contributed by atoms with Crippen molar-refractivity contribution in [2.45, 2.75) is 20.4 Å². The molecule has 0 aliphatic heterocycles. The lowest BCUT2D eigenvalue weighted by atomic mass is 10.1. The summed E-state index contributed by atoms with van der Waals surface area (Å²) in [6, 6.07) is 8.51. The largest absolute Gasteiger partial charge is 0.487 e. The summed E-state index contributed by atoms with van der Waals surface area (Å²) in [5, 5.41) is 0.972. The number of hydrogen-bond donors (Lipinski definition) is 1. The van der Waals surface area contributed by atoms with Crippen LogP contribution in [0.15, 0.2) is 24.3 Å². The fraction of sp³-hybridized carbons (Fsp3) is 0.357. The molecule has 2 rings (SSSR count). The maximum atomic E-state index is 5.83. The van der Waals surface area contributed by atoms with E-state index in [2.05, 4.69) is 40.5 Å². The SMILES string of the molecule is CCOc1c(N)nsc1N(C)Cc1ccc(C)cc1. The van der Waals surface area contributed by atoms with E-state index in [0.717, 1.165) is 11.5 Å². The van der Waals surface area contributed by atoms with Gasteiger partial charge in [-0.05, 0) is 30.9 Å². The summed E-state index contributed by atoms with van der Waals surface area (Å²) in [6.45, 7) is 5.43. The van der Waals surface area contributed by atoms with Gasteiger partial charge in [-0.2, -0.15) is 4.37 Å². The van der Waals surface area contributed by atoms with Gasteiger partial charge in [-0.1, -0.05) is 29.8 Å². The van der Waals surface area contributed by atoms with Gasteiger partial charge in [0.2, 0.25) is 0 Å². The number of hydrogen-bond acceptors (Lipinski definition) is 5. The van der Waals surface area contributed by atoms with E-state index in [1.807, 2.05) is 14.0 Å². The van der Waals surface area contributed by atoms with Crippen LogP contribution < -0.4 is 15.4 Å². The predicted molar refractivity (Wildman–Crippen MR) is 81.0 cm³/mol. The summed E-state index contributed by atoms with van der Waals surface area (Å²) >= 11 is 1.37. The maximum Gasteiger partial charge on any atom is 0.197 e. The Hall–Kier alpha value is -1.75. The Balaban J connectivity index is 2.15. The second kappa shape index (κ2) is 5.93. The molecule has 0 saturated heterocycles. The molecule has 0 bridgehead atoms. The first-order chi connectivity index (χ1) is 9.11. The van der Waals surface area contributed by atoms with Crippen molar-refractivity contribution in [2.24, 2.45) is 0 Å². The van der Waals surface area contributed by atoms with Crippen molar-refractivity contribution in [3.05, 3.63) is 35.4 Å². The highest BCUT2D eigenvalue weighted by molar-refractivity contribution is 7.11. The van der Waals surface area contributed by atoms with Gasteiger partial charge in [0.25, 0.3) is 0 Å². The Bertz CT molecular complexity index is 536. The van der Waals surface area contributed by atoms with E-state index < -0.39 is 0 Å². The molecule has 0 aliphatic carbocycles. The van der Waals surface area contributed by atoms with Gasteiger partial charge >= 0.3 is 0 Å². The smallest absolute Gasteiger partial charge is 0.197 e. The van der Waals surface area contributed by atoms with E-state index in [1.165, 1.54) is 22.7 Å². The standard InChI is InChI=1S/C14H19N3OS/c1-4-18-12-13(15)16-19-14(12)17(3)9-11-7-5-10(2)6-8-11/h5-8H,4,9H2,1-3H3,(H2,15,16). The summed E-state index contributed by atoms with van der Waals surface area (Å²) in [6.07, 6.45) is 0. The number of rotatable bonds is 5. The third-order valence-corrected chi connectivity index (χ3v) is 3.79. The molecular formula is C14H19N3OS. The van der Waals surface area contributed by atoms with Gasteiger partial charge in [0.15, 0.2) is 16.6 Å². The van der Waals surface area contributed by atoms with Crippen LogP contribution in [0.25, 0.3) is 0 Å². The van der Waals surface area contributed by atoms with Crippen molar-refractivity contribution in [3.8, 4) is 5.75 Å². The molecule has 2 aromatic rings. The van der Waals surface area contributed by atoms with Crippen molar-refractivity contribution in [1.82, 2.24) is 4.37 Å². The average Bonchev–Trinajstić information content (AvgIpc) is 2.75. The topological polar surface area (TPSA) is 51.4 Å². The van der Waals surface area contributed by atoms with Crippen LogP contribution in [-0.2, 0) is 6.54 Å². The summed E-state index contributed by atoms with van der Waals surface area (Å²) in [5.41, 5.74) is 8.35. The second-order valence-electron chi connectivity index (χ2n) is 4.48. The van der Waals surface area contributed by atoms with Crippen LogP contribution in [0.1, 0.15) is 18.1 Å². The monoisotopic (exact) mass is 277 g/mol. The maximum absolute atomic E-state index is 5.83. The first-order valence-corrected chi connectivity index (χ1v) is 7.03. The number of nitrogen functional groups attached to an aromatic ring is 1. The molecule has 0 radical (unpaired) electrons. The van der Waals surface area contributed by atoms with Crippen molar-refractivity contribution < 1.29 is 4.74 Å². The average molecular weight is 277 g/mol. The Morgan fingerprint density at radius 2 is 2.00 bits per heavy atom. The highest BCUT2D eigenvalue weighted by Crippen LogP contribution is 2.38. The van der Waals surface area contributed by atoms with E-state index in [-0.39, 0.29) is 0 Å². The van der Waals surface area contributed by atoms with Crippen LogP contribution in [0, 0.1) is 6.92 Å². The molecule has 0 amide bonds. The number of benzene rings is 1. The molecule has 1 aromatic heterocycles. The van der Waals surface area contributed by atoms with E-state index in [4.69, 9.17) is 10.5 Å². The minimum Gasteiger partial charge on any atom is -0.487 e. The molecule has 0 atom stereocenters. The number of aromatic nitrogens is 1. The molecule has 2 N–H and O–H groups in total. The summed E-state index contributed by atoms with van der Waals surface area (Å²) in [4.78, 5) is 2.11. The second-order valence-corrected chi connectivity index (χ2v) is 5.23. The van der Waals surface area contributed by atoms with Crippen molar-refractivity contribution >= 4 is 22.4 Å². The third-order valence-electron chi connectivity index (χ3n) is 2.83. The number of aryl methyl sites for hydroxylation is 1. The molecule has 0 saturated carbocycles. The normalized spacial score (nSPS) is 10.5. The van der Waals surface area contributed by atoms with Crippen LogP contribution in [0.5, 0.6) is 5.75 Å². The Labute approximate surface area is 118 Å². The Kier molecular flexibility index (Phi) is 4.27. The van der Waals surface area contributed by atoms with Crippen LogP contribution >= 0.6 is 11.5 Å². The van der Waals surface area contributed by atoms with Crippen LogP contribution in [-0.4, -0.2) is 18.0 Å². The Morgan fingerprint density at radius 1 is 1.32 bits per heavy atom. The van der Waals surface area contributed by atoms with Crippen molar-refractivity contribution in [2.75, 3.05) is 24.3 Å². The van der Waals surface area contributed by atoms with Gasteiger partial charge in [-0.3, -0.25) is 0 Å². The zero-order valence-corrected chi connectivity index (χ0v) is 12.3. The lowest BCUT2D eigenvalue weighted by Gasteiger charge is -2.18. The van der Waals surface area contributed by atoms with E-state index >= 15 is 0 Å². The fourth-order valence-electron chi connectivity index (χ4n) is 1.85. The quantitative estimate of drug-likeness (QED) is 0.912. The van der Waals surface area contributed by atoms with Gasteiger partial charge in [0.05, 0.1) is 6.61 Å². The number of nitrogens with two attached hydrogens (primary N) is 1. The van der Waals surface area contributed by atoms with Gasteiger partial charge < -0.3 is 15.4 Å². The minimum atomic E-state index is 0.470. The molecule has 0 fully saturated rings. The molecule has 1 aromatic carbocycles. The number of anilines is 2. The first-order valence-electron chi connectivity index (χ1n) is 6.26. The molecular weight excluding hydrogens is 258 g/mol. The highest BCUT2D eigenvalue weighted by atomic mass is 32.1. The highest BCUT2D eigenvalue weighted by Gasteiger charge is 2.16. The van der Waals surface area contributed by atoms with Gasteiger partial charge in [0.1, 0.15) is 0 Å². The Morgan fingerprint density at radius 3 is 2.63 bits per heavy atom. The molecule has 19 heavy (non-hydrogen) atoms. The molecule has 4 nitrogen and oxygen atoms in total. The van der Waals surface area contributed by atoms with E-state index in [1.54, 1.807) is 0 Å². The van der Waals surface area contributed by atoms with E-state index in [0.29, 0.717) is 18.2 Å². The zero-order valence-electron chi connectivity index (χ0n) is 11.5. The lowest BCUT2D eigenvalue weighted by molar-refractivity contribution is 0.343. The van der Waals surface area contributed by atoms with Gasteiger partial charge in [-0.25, -0.2) is 0 Å². The summed E-state index contributed by atoms with van der Waals surface area (Å²) in [7, 11) is 2.02. The number of nitrogens with zero attached hydrogens (tertiary/aromatic N) is 2. The minimum absolute atomic E-state index is 0.470. The summed E-state index contributed by atoms with van der Waals surface area (Å²) < 4.78 is 9.73. The molecule has 0 aliphatic rings. The molecule has 0 spiro atoms. The molecule has 5 heteroatoms. The zero-order chi connectivity index (χ0) is 13.8. The van der Waals surface area contributed by atoms with Crippen LogP contribution in [0.2, 0.25) is 0 Å². The van der Waals surface area contributed by atoms with Gasteiger partial charge in [-0.15, -0.1) is 0 Å². The van der Waals surface area contributed by atoms with Gasteiger partial charge in [0, 0.05) is 13.6 Å². The van der Waals surface area contributed by atoms with E-state index in [9.17, 15) is 0 Å². The van der Waals surface area contributed by atoms with Crippen molar-refractivity contribution in [3.63, 3.8) is 0 Å². The third kappa shape index (κ3) is 3.17. The fourth-order valence-corrected chi connectivity index (χ4v) is 2.57. The first kappa shape index (κ1) is 13.7. The lowest BCUT2D eigenvalue weighted by Crippen LogP contribution is -2.16. The predicted octanol–water partition coefficient (Wildman–Crippen LogP) is 3.07. The van der Waals surface area contributed by atoms with Crippen LogP contribution in [0.3, 0.4) is 0 Å². The molecule has 102 valence electrons. The molecule has 0 unspecified atom stereocenters. The van der Waals surface area contributed by atoms with Crippen LogP contribution in [0.4, 0.5) is 10.8 Å². The summed E-state index contributed by atoms with van der Waals surface area (Å²) in [5.74, 6) is 1.17.